The molecule has 1 aromatic carbocycles. The van der Waals surface area contributed by atoms with Gasteiger partial charge in [0.2, 0.25) is 0 Å². The molecule has 0 aliphatic carbocycles. The van der Waals surface area contributed by atoms with Crippen molar-refractivity contribution in [3.05, 3.63) is 60.2 Å². The Morgan fingerprint density at radius 3 is 2.92 bits per heavy atom. The third-order valence-electron chi connectivity index (χ3n) is 4.71. The number of aromatic nitrogens is 2. The number of rotatable bonds is 4. The Balaban J connectivity index is 1.60. The lowest BCUT2D eigenvalue weighted by atomic mass is 9.95. The van der Waals surface area contributed by atoms with Crippen molar-refractivity contribution in [2.45, 2.75) is 24.8 Å². The molecule has 25 heavy (non-hydrogen) atoms. The maximum absolute atomic E-state index is 11.9. The Kier molecular flexibility index (Phi) is 4.19. The summed E-state index contributed by atoms with van der Waals surface area (Å²) in [5.74, 6) is -0.0629. The van der Waals surface area contributed by atoms with E-state index in [-0.39, 0.29) is 5.92 Å². The van der Waals surface area contributed by atoms with Crippen LogP contribution in [0.15, 0.2) is 53.2 Å². The molecular formula is C19H19N3O3. The molecule has 6 heteroatoms. The van der Waals surface area contributed by atoms with Crippen molar-refractivity contribution in [1.29, 1.82) is 0 Å². The van der Waals surface area contributed by atoms with Crippen molar-refractivity contribution in [2.75, 3.05) is 13.1 Å². The number of carbonyl (C=O) groups is 1. The normalized spacial score (nSPS) is 19.8. The SMILES string of the molecule is O=C(O)C(c1cccnc1)N1CCCC(c2nc3ccccc3o2)C1. The van der Waals surface area contributed by atoms with E-state index in [1.165, 1.54) is 0 Å². The molecule has 0 bridgehead atoms. The van der Waals surface area contributed by atoms with Crippen LogP contribution in [0.25, 0.3) is 11.1 Å². The van der Waals surface area contributed by atoms with Crippen LogP contribution in [0.1, 0.15) is 36.3 Å². The number of oxazole rings is 1. The molecule has 2 aromatic heterocycles. The van der Waals surface area contributed by atoms with Crippen LogP contribution in [0.3, 0.4) is 0 Å². The highest BCUT2D eigenvalue weighted by atomic mass is 16.4. The molecule has 1 fully saturated rings. The van der Waals surface area contributed by atoms with Gasteiger partial charge in [-0.05, 0) is 43.1 Å². The number of nitrogens with zero attached hydrogens (tertiary/aromatic N) is 3. The maximum atomic E-state index is 11.9. The van der Waals surface area contributed by atoms with Gasteiger partial charge in [-0.25, -0.2) is 4.98 Å². The second-order valence-corrected chi connectivity index (χ2v) is 6.38. The zero-order chi connectivity index (χ0) is 17.2. The van der Waals surface area contributed by atoms with Gasteiger partial charge < -0.3 is 9.52 Å². The van der Waals surface area contributed by atoms with E-state index >= 15 is 0 Å². The van der Waals surface area contributed by atoms with Gasteiger partial charge in [0.15, 0.2) is 11.5 Å². The largest absolute Gasteiger partial charge is 0.480 e. The minimum atomic E-state index is -0.855. The van der Waals surface area contributed by atoms with Gasteiger partial charge >= 0.3 is 5.97 Å². The molecular weight excluding hydrogens is 318 g/mol. The first kappa shape index (κ1) is 15.8. The van der Waals surface area contributed by atoms with Crippen molar-refractivity contribution in [1.82, 2.24) is 14.9 Å². The van der Waals surface area contributed by atoms with Crippen molar-refractivity contribution >= 4 is 17.1 Å². The lowest BCUT2D eigenvalue weighted by molar-refractivity contribution is -0.144. The lowest BCUT2D eigenvalue weighted by Crippen LogP contribution is -2.40. The summed E-state index contributed by atoms with van der Waals surface area (Å²) < 4.78 is 5.90. The number of fused-ring (bicyclic) bond motifs is 1. The Morgan fingerprint density at radius 2 is 2.16 bits per heavy atom. The molecule has 1 aliphatic heterocycles. The van der Waals surface area contributed by atoms with Crippen LogP contribution in [0.4, 0.5) is 0 Å². The van der Waals surface area contributed by atoms with Crippen LogP contribution in [0.2, 0.25) is 0 Å². The van der Waals surface area contributed by atoms with E-state index in [4.69, 9.17) is 4.42 Å². The van der Waals surface area contributed by atoms with Gasteiger partial charge in [-0.3, -0.25) is 14.7 Å². The quantitative estimate of drug-likeness (QED) is 0.787. The molecule has 128 valence electrons. The average molecular weight is 337 g/mol. The number of hydrogen-bond donors (Lipinski definition) is 1. The number of aliphatic carboxylic acids is 1. The molecule has 0 radical (unpaired) electrons. The van der Waals surface area contributed by atoms with Gasteiger partial charge in [0, 0.05) is 24.9 Å². The van der Waals surface area contributed by atoms with Crippen LogP contribution in [-0.2, 0) is 4.79 Å². The van der Waals surface area contributed by atoms with Gasteiger partial charge in [-0.15, -0.1) is 0 Å². The van der Waals surface area contributed by atoms with E-state index < -0.39 is 12.0 Å². The van der Waals surface area contributed by atoms with Crippen LogP contribution >= 0.6 is 0 Å². The molecule has 2 unspecified atom stereocenters. The highest BCUT2D eigenvalue weighted by molar-refractivity contribution is 5.75. The first-order valence-corrected chi connectivity index (χ1v) is 8.44. The monoisotopic (exact) mass is 337 g/mol. The van der Waals surface area contributed by atoms with Crippen LogP contribution < -0.4 is 0 Å². The predicted octanol–water partition coefficient (Wildman–Crippen LogP) is 3.23. The van der Waals surface area contributed by atoms with Crippen molar-refractivity contribution in [2.24, 2.45) is 0 Å². The number of para-hydroxylation sites is 2. The molecule has 0 amide bonds. The number of hydrogen-bond acceptors (Lipinski definition) is 5. The van der Waals surface area contributed by atoms with E-state index in [1.807, 2.05) is 35.2 Å². The van der Waals surface area contributed by atoms with Crippen molar-refractivity contribution in [3.8, 4) is 0 Å². The summed E-state index contributed by atoms with van der Waals surface area (Å²) in [6.45, 7) is 1.35. The number of likely N-dealkylation sites (tertiary alicyclic amines) is 1. The van der Waals surface area contributed by atoms with Gasteiger partial charge in [-0.1, -0.05) is 18.2 Å². The second-order valence-electron chi connectivity index (χ2n) is 6.38. The van der Waals surface area contributed by atoms with Gasteiger partial charge in [0.05, 0.1) is 0 Å². The fourth-order valence-corrected chi connectivity index (χ4v) is 3.55. The van der Waals surface area contributed by atoms with Crippen LogP contribution in [-0.4, -0.2) is 39.0 Å². The zero-order valence-corrected chi connectivity index (χ0v) is 13.7. The average Bonchev–Trinajstić information content (AvgIpc) is 3.07. The molecule has 1 aliphatic rings. The minimum Gasteiger partial charge on any atom is -0.480 e. The minimum absolute atomic E-state index is 0.0969. The van der Waals surface area contributed by atoms with E-state index in [0.29, 0.717) is 18.0 Å². The van der Waals surface area contributed by atoms with Crippen molar-refractivity contribution < 1.29 is 14.3 Å². The highest BCUT2D eigenvalue weighted by Crippen LogP contribution is 2.33. The number of benzene rings is 1. The summed E-state index contributed by atoms with van der Waals surface area (Å²) >= 11 is 0. The fourth-order valence-electron chi connectivity index (χ4n) is 3.55. The Bertz CT molecular complexity index is 845. The van der Waals surface area contributed by atoms with E-state index in [2.05, 4.69) is 9.97 Å². The number of piperidine rings is 1. The zero-order valence-electron chi connectivity index (χ0n) is 13.7. The van der Waals surface area contributed by atoms with Gasteiger partial charge in [0.1, 0.15) is 11.6 Å². The van der Waals surface area contributed by atoms with E-state index in [0.717, 1.165) is 30.5 Å². The molecule has 1 N–H and O–H groups in total. The highest BCUT2D eigenvalue weighted by Gasteiger charge is 2.34. The standard InChI is InChI=1S/C19H19N3O3/c23-19(24)17(13-5-3-9-20-11-13)22-10-4-6-14(12-22)18-21-15-7-1-2-8-16(15)25-18/h1-3,5,7-9,11,14,17H,4,6,10,12H2,(H,23,24). The predicted molar refractivity (Wildman–Crippen MR) is 92.2 cm³/mol. The molecule has 0 spiro atoms. The molecule has 6 nitrogen and oxygen atoms in total. The lowest BCUT2D eigenvalue weighted by Gasteiger charge is -2.35. The van der Waals surface area contributed by atoms with Crippen LogP contribution in [0.5, 0.6) is 0 Å². The summed E-state index contributed by atoms with van der Waals surface area (Å²) in [5, 5.41) is 9.74. The molecule has 3 heterocycles. The third-order valence-corrected chi connectivity index (χ3v) is 4.71. The number of pyridine rings is 1. The Hall–Kier alpha value is -2.73. The first-order chi connectivity index (χ1) is 12.2. The summed E-state index contributed by atoms with van der Waals surface area (Å²) in [7, 11) is 0. The molecule has 4 rings (SSSR count). The van der Waals surface area contributed by atoms with Crippen LogP contribution in [0, 0.1) is 0 Å². The molecule has 0 saturated carbocycles. The summed E-state index contributed by atoms with van der Waals surface area (Å²) in [4.78, 5) is 22.5. The van der Waals surface area contributed by atoms with Crippen molar-refractivity contribution in [3.63, 3.8) is 0 Å². The summed E-state index contributed by atoms with van der Waals surface area (Å²) in [5.41, 5.74) is 2.32. The van der Waals surface area contributed by atoms with Gasteiger partial charge in [-0.2, -0.15) is 0 Å². The Labute approximate surface area is 145 Å². The molecule has 3 aromatic rings. The molecule has 2 atom stereocenters. The first-order valence-electron chi connectivity index (χ1n) is 8.44. The maximum Gasteiger partial charge on any atom is 0.325 e. The van der Waals surface area contributed by atoms with E-state index in [9.17, 15) is 9.90 Å². The molecule has 1 saturated heterocycles. The smallest absolute Gasteiger partial charge is 0.325 e. The topological polar surface area (TPSA) is 79.5 Å². The Morgan fingerprint density at radius 1 is 1.28 bits per heavy atom. The number of carboxylic acids is 1. The summed E-state index contributed by atoms with van der Waals surface area (Å²) in [6, 6.07) is 10.6. The van der Waals surface area contributed by atoms with E-state index in [1.54, 1.807) is 18.5 Å². The number of carboxylic acid groups (broad SMARTS) is 1. The summed E-state index contributed by atoms with van der Waals surface area (Å²) in [6.07, 6.45) is 5.14. The fraction of sp³-hybridized carbons (Fsp3) is 0.316. The second kappa shape index (κ2) is 6.64. The van der Waals surface area contributed by atoms with Gasteiger partial charge in [0.25, 0.3) is 0 Å². The third kappa shape index (κ3) is 3.13.